The third-order valence-corrected chi connectivity index (χ3v) is 4.35. The number of halogens is 4. The van der Waals surface area contributed by atoms with Crippen LogP contribution in [0.1, 0.15) is 28.2 Å². The zero-order valence-corrected chi connectivity index (χ0v) is 13.9. The van der Waals surface area contributed by atoms with Gasteiger partial charge in [-0.2, -0.15) is 18.3 Å². The van der Waals surface area contributed by atoms with Crippen LogP contribution in [0.3, 0.4) is 0 Å². The number of aromatic nitrogens is 2. The molecule has 0 aliphatic carbocycles. The summed E-state index contributed by atoms with van der Waals surface area (Å²) in [5.41, 5.74) is 2.25. The number of likely N-dealkylation sites (tertiary alicyclic amines) is 1. The molecule has 3 rings (SSSR count). The van der Waals surface area contributed by atoms with Gasteiger partial charge in [0.25, 0.3) is 5.91 Å². The van der Waals surface area contributed by atoms with Crippen molar-refractivity contribution < 1.29 is 18.0 Å². The van der Waals surface area contributed by atoms with Gasteiger partial charge in [0.2, 0.25) is 0 Å². The summed E-state index contributed by atoms with van der Waals surface area (Å²) in [6.07, 6.45) is -2.69. The first-order valence-corrected chi connectivity index (χ1v) is 7.76. The molecule has 136 valence electrons. The van der Waals surface area contributed by atoms with Gasteiger partial charge in [0, 0.05) is 43.9 Å². The number of aromatic amines is 1. The van der Waals surface area contributed by atoms with Crippen molar-refractivity contribution in [3.63, 3.8) is 0 Å². The van der Waals surface area contributed by atoms with E-state index >= 15 is 0 Å². The lowest BCUT2D eigenvalue weighted by molar-refractivity contribution is -0.143. The minimum absolute atomic E-state index is 0. The number of carbonyl (C=O) groups is 1. The molecule has 1 aromatic heterocycles. The van der Waals surface area contributed by atoms with E-state index in [9.17, 15) is 18.0 Å². The molecule has 1 aromatic rings. The predicted octanol–water partition coefficient (Wildman–Crippen LogP) is 1.09. The Bertz CT molecular complexity index is 577. The molecule has 6 nitrogen and oxygen atoms in total. The van der Waals surface area contributed by atoms with E-state index in [1.54, 1.807) is 0 Å². The molecule has 0 saturated carbocycles. The van der Waals surface area contributed by atoms with Crippen molar-refractivity contribution in [3.8, 4) is 0 Å². The molecule has 0 bridgehead atoms. The third kappa shape index (κ3) is 4.61. The Morgan fingerprint density at radius 1 is 1.42 bits per heavy atom. The van der Waals surface area contributed by atoms with Crippen LogP contribution in [0.5, 0.6) is 0 Å². The second-order valence-corrected chi connectivity index (χ2v) is 6.17. The lowest BCUT2D eigenvalue weighted by Gasteiger charge is -2.18. The molecule has 10 heteroatoms. The molecule has 1 unspecified atom stereocenters. The van der Waals surface area contributed by atoms with Gasteiger partial charge in [0.15, 0.2) is 5.69 Å². The van der Waals surface area contributed by atoms with E-state index in [1.165, 1.54) is 4.90 Å². The summed E-state index contributed by atoms with van der Waals surface area (Å²) in [7, 11) is 0. The molecule has 3 heterocycles. The predicted molar refractivity (Wildman–Crippen MR) is 84.2 cm³/mol. The van der Waals surface area contributed by atoms with E-state index < -0.39 is 12.7 Å². The summed E-state index contributed by atoms with van der Waals surface area (Å²) in [5, 5.41) is 13.0. The fraction of sp³-hybridized carbons (Fsp3) is 0.714. The minimum Gasteiger partial charge on any atom is -0.350 e. The average Bonchev–Trinajstić information content (AvgIpc) is 3.09. The summed E-state index contributed by atoms with van der Waals surface area (Å²) in [4.78, 5) is 13.6. The van der Waals surface area contributed by atoms with Crippen molar-refractivity contribution in [3.05, 3.63) is 17.0 Å². The number of alkyl halides is 3. The molecule has 1 atom stereocenters. The maximum Gasteiger partial charge on any atom is 0.401 e. The van der Waals surface area contributed by atoms with Crippen molar-refractivity contribution in [1.82, 2.24) is 25.7 Å². The number of hydrogen-bond donors (Lipinski definition) is 3. The molecular formula is C14H21ClF3N5O. The van der Waals surface area contributed by atoms with Crippen molar-refractivity contribution in [1.29, 1.82) is 0 Å². The van der Waals surface area contributed by atoms with Gasteiger partial charge in [-0.15, -0.1) is 12.4 Å². The van der Waals surface area contributed by atoms with Gasteiger partial charge in [-0.1, -0.05) is 0 Å². The van der Waals surface area contributed by atoms with Crippen LogP contribution in [0.4, 0.5) is 13.2 Å². The first-order chi connectivity index (χ1) is 10.9. The summed E-state index contributed by atoms with van der Waals surface area (Å²) < 4.78 is 37.1. The van der Waals surface area contributed by atoms with Crippen molar-refractivity contribution in [2.24, 2.45) is 5.92 Å². The number of nitrogens with zero attached hydrogens (tertiary/aromatic N) is 2. The molecule has 3 N–H and O–H groups in total. The summed E-state index contributed by atoms with van der Waals surface area (Å²) in [6, 6.07) is 0. The van der Waals surface area contributed by atoms with Gasteiger partial charge < -0.3 is 10.6 Å². The zero-order valence-electron chi connectivity index (χ0n) is 13.1. The maximum atomic E-state index is 12.4. The van der Waals surface area contributed by atoms with Crippen molar-refractivity contribution in [2.45, 2.75) is 25.6 Å². The number of H-pyrrole nitrogens is 1. The molecule has 1 fully saturated rings. The molecule has 2 aliphatic rings. The molecule has 1 saturated heterocycles. The Morgan fingerprint density at radius 3 is 2.96 bits per heavy atom. The van der Waals surface area contributed by atoms with Crippen LogP contribution >= 0.6 is 12.4 Å². The van der Waals surface area contributed by atoms with E-state index in [0.717, 1.165) is 24.2 Å². The van der Waals surface area contributed by atoms with Crippen LogP contribution in [-0.2, 0) is 13.0 Å². The van der Waals surface area contributed by atoms with Gasteiger partial charge in [-0.05, 0) is 18.9 Å². The van der Waals surface area contributed by atoms with E-state index in [4.69, 9.17) is 0 Å². The second-order valence-electron chi connectivity index (χ2n) is 6.17. The number of amides is 1. The number of rotatable bonds is 4. The van der Waals surface area contributed by atoms with Crippen LogP contribution in [0, 0.1) is 5.92 Å². The molecule has 24 heavy (non-hydrogen) atoms. The van der Waals surface area contributed by atoms with Gasteiger partial charge in [-0.3, -0.25) is 14.8 Å². The first kappa shape index (κ1) is 19.0. The highest BCUT2D eigenvalue weighted by molar-refractivity contribution is 5.94. The Balaban J connectivity index is 0.00000208. The Hall–Kier alpha value is -1.32. The number of carbonyl (C=O) groups excluding carboxylic acids is 1. The van der Waals surface area contributed by atoms with E-state index in [1.807, 2.05) is 0 Å². The van der Waals surface area contributed by atoms with Crippen molar-refractivity contribution in [2.75, 3.05) is 32.7 Å². The second kappa shape index (κ2) is 7.71. The van der Waals surface area contributed by atoms with Gasteiger partial charge >= 0.3 is 6.18 Å². The fourth-order valence-electron chi connectivity index (χ4n) is 3.21. The number of nitrogens with one attached hydrogen (secondary N) is 3. The molecule has 1 amide bonds. The molecule has 0 radical (unpaired) electrons. The highest BCUT2D eigenvalue weighted by atomic mass is 35.5. The van der Waals surface area contributed by atoms with Gasteiger partial charge in [-0.25, -0.2) is 0 Å². The van der Waals surface area contributed by atoms with Gasteiger partial charge in [0.1, 0.15) is 0 Å². The lowest BCUT2D eigenvalue weighted by Crippen LogP contribution is -2.35. The van der Waals surface area contributed by atoms with Crippen LogP contribution in [0.25, 0.3) is 0 Å². The SMILES string of the molecule is Cl.O=C(NCC1CCN(CC(F)(F)F)C1)c1n[nH]c2c1CNCC2. The largest absolute Gasteiger partial charge is 0.401 e. The van der Waals surface area contributed by atoms with Crippen molar-refractivity contribution >= 4 is 18.3 Å². The average molecular weight is 368 g/mol. The Labute approximate surface area is 144 Å². The van der Waals surface area contributed by atoms with Crippen LogP contribution in [0.15, 0.2) is 0 Å². The van der Waals surface area contributed by atoms with E-state index in [-0.39, 0.29) is 24.2 Å². The van der Waals surface area contributed by atoms with Crippen LogP contribution in [0.2, 0.25) is 0 Å². The highest BCUT2D eigenvalue weighted by Crippen LogP contribution is 2.22. The minimum atomic E-state index is -4.17. The highest BCUT2D eigenvalue weighted by Gasteiger charge is 2.34. The van der Waals surface area contributed by atoms with Gasteiger partial charge in [0.05, 0.1) is 6.54 Å². The normalized spacial score (nSPS) is 21.2. The fourth-order valence-corrected chi connectivity index (χ4v) is 3.21. The standard InChI is InChI=1S/C14H20F3N5O.ClH/c15-14(16,17)8-22-4-2-9(7-22)5-19-13(23)12-10-6-18-3-1-11(10)20-21-12;/h9,18H,1-8H2,(H,19,23)(H,20,21);1H. The summed E-state index contributed by atoms with van der Waals surface area (Å²) in [6.45, 7) is 1.74. The molecule has 2 aliphatic heterocycles. The smallest absolute Gasteiger partial charge is 0.350 e. The van der Waals surface area contributed by atoms with Crippen LogP contribution < -0.4 is 10.6 Å². The summed E-state index contributed by atoms with van der Waals surface area (Å²) >= 11 is 0. The van der Waals surface area contributed by atoms with E-state index in [0.29, 0.717) is 38.3 Å². The third-order valence-electron chi connectivity index (χ3n) is 4.35. The number of fused-ring (bicyclic) bond motifs is 1. The monoisotopic (exact) mass is 367 g/mol. The zero-order chi connectivity index (χ0) is 16.4. The quantitative estimate of drug-likeness (QED) is 0.745. The van der Waals surface area contributed by atoms with E-state index in [2.05, 4.69) is 20.8 Å². The Morgan fingerprint density at radius 2 is 2.21 bits per heavy atom. The number of hydrogen-bond acceptors (Lipinski definition) is 4. The maximum absolute atomic E-state index is 12.4. The molecular weight excluding hydrogens is 347 g/mol. The molecule has 0 spiro atoms. The lowest BCUT2D eigenvalue weighted by atomic mass is 10.1. The summed E-state index contributed by atoms with van der Waals surface area (Å²) in [5.74, 6) is -0.213. The topological polar surface area (TPSA) is 73.0 Å². The first-order valence-electron chi connectivity index (χ1n) is 7.76. The Kier molecular flexibility index (Phi) is 6.11. The molecule has 0 aromatic carbocycles. The van der Waals surface area contributed by atoms with Crippen LogP contribution in [-0.4, -0.2) is 59.9 Å².